The van der Waals surface area contributed by atoms with E-state index in [1.54, 1.807) is 6.20 Å². The molecule has 0 N–H and O–H groups in total. The molecule has 0 aliphatic rings. The van der Waals surface area contributed by atoms with Crippen molar-refractivity contribution in [1.29, 1.82) is 0 Å². The Morgan fingerprint density at radius 1 is 1.00 bits per heavy atom. The third-order valence-electron chi connectivity index (χ3n) is 1.85. The van der Waals surface area contributed by atoms with Gasteiger partial charge in [0.05, 0.1) is 5.69 Å². The molecule has 0 bridgehead atoms. The molecule has 2 nitrogen and oxygen atoms in total. The van der Waals surface area contributed by atoms with Crippen LogP contribution in [0.25, 0.3) is 11.3 Å². The summed E-state index contributed by atoms with van der Waals surface area (Å²) in [5.41, 5.74) is 3.07. The first-order valence-electron chi connectivity index (χ1n) is 5.20. The molecule has 2 heterocycles. The molecule has 2 aromatic rings. The highest BCUT2D eigenvalue weighted by atomic mass is 14.7. The van der Waals surface area contributed by atoms with Crippen LogP contribution in [-0.4, -0.2) is 9.97 Å². The van der Waals surface area contributed by atoms with Crippen molar-refractivity contribution in [3.05, 3.63) is 48.4 Å². The molecular weight excluding hydrogens is 184 g/mol. The largest absolute Gasteiger partial charge is 0.264 e. The van der Waals surface area contributed by atoms with E-state index < -0.39 is 0 Å². The van der Waals surface area contributed by atoms with Crippen molar-refractivity contribution in [3.8, 4) is 11.3 Å². The minimum Gasteiger partial charge on any atom is -0.264 e. The standard InChI is InChI=1S/C11H10N2.C2H6/c1-9-4-2-6-11(13-9)10-5-3-7-12-8-10;1-2/h2-8H,1H3;1-2H3. The van der Waals surface area contributed by atoms with Crippen LogP contribution in [0.4, 0.5) is 0 Å². The molecule has 0 fully saturated rings. The number of hydrogen-bond acceptors (Lipinski definition) is 2. The summed E-state index contributed by atoms with van der Waals surface area (Å²) in [5.74, 6) is 0. The van der Waals surface area contributed by atoms with E-state index in [9.17, 15) is 0 Å². The maximum Gasteiger partial charge on any atom is 0.0720 e. The van der Waals surface area contributed by atoms with Gasteiger partial charge in [-0.15, -0.1) is 0 Å². The van der Waals surface area contributed by atoms with E-state index in [-0.39, 0.29) is 0 Å². The monoisotopic (exact) mass is 200 g/mol. The van der Waals surface area contributed by atoms with Crippen LogP contribution in [0, 0.1) is 6.92 Å². The molecule has 2 rings (SSSR count). The maximum atomic E-state index is 4.40. The lowest BCUT2D eigenvalue weighted by Gasteiger charge is -1.99. The van der Waals surface area contributed by atoms with Gasteiger partial charge in [-0.3, -0.25) is 9.97 Å². The van der Waals surface area contributed by atoms with Gasteiger partial charge < -0.3 is 0 Å². The average molecular weight is 200 g/mol. The van der Waals surface area contributed by atoms with Gasteiger partial charge >= 0.3 is 0 Å². The van der Waals surface area contributed by atoms with Gasteiger partial charge in [-0.25, -0.2) is 0 Å². The zero-order chi connectivity index (χ0) is 11.1. The van der Waals surface area contributed by atoms with Crippen molar-refractivity contribution in [2.75, 3.05) is 0 Å². The molecule has 0 saturated carbocycles. The van der Waals surface area contributed by atoms with Gasteiger partial charge in [-0.2, -0.15) is 0 Å². The third-order valence-corrected chi connectivity index (χ3v) is 1.85. The molecule has 15 heavy (non-hydrogen) atoms. The Balaban J connectivity index is 0.000000531. The molecule has 2 heteroatoms. The first-order valence-corrected chi connectivity index (χ1v) is 5.20. The lowest BCUT2D eigenvalue weighted by atomic mass is 10.2. The fourth-order valence-corrected chi connectivity index (χ4v) is 1.22. The second kappa shape index (κ2) is 5.91. The molecule has 0 saturated heterocycles. The van der Waals surface area contributed by atoms with Crippen LogP contribution in [0.5, 0.6) is 0 Å². The fraction of sp³-hybridized carbons (Fsp3) is 0.231. The Morgan fingerprint density at radius 3 is 2.40 bits per heavy atom. The van der Waals surface area contributed by atoms with E-state index in [1.807, 2.05) is 57.3 Å². The third kappa shape index (κ3) is 3.17. The summed E-state index contributed by atoms with van der Waals surface area (Å²) in [7, 11) is 0. The van der Waals surface area contributed by atoms with Crippen molar-refractivity contribution >= 4 is 0 Å². The Labute approximate surface area is 91.0 Å². The highest BCUT2D eigenvalue weighted by Crippen LogP contribution is 2.14. The van der Waals surface area contributed by atoms with Gasteiger partial charge in [0.2, 0.25) is 0 Å². The zero-order valence-electron chi connectivity index (χ0n) is 9.44. The SMILES string of the molecule is CC.Cc1cccc(-c2cccnc2)n1. The smallest absolute Gasteiger partial charge is 0.0720 e. The average Bonchev–Trinajstić information content (AvgIpc) is 2.33. The Kier molecular flexibility index (Phi) is 4.48. The van der Waals surface area contributed by atoms with Crippen molar-refractivity contribution in [3.63, 3.8) is 0 Å². The van der Waals surface area contributed by atoms with E-state index in [2.05, 4.69) is 9.97 Å². The summed E-state index contributed by atoms with van der Waals surface area (Å²) in [6.07, 6.45) is 3.58. The van der Waals surface area contributed by atoms with Gasteiger partial charge in [0.15, 0.2) is 0 Å². The molecule has 78 valence electrons. The second-order valence-electron chi connectivity index (χ2n) is 2.91. The predicted molar refractivity (Wildman–Crippen MR) is 63.6 cm³/mol. The Bertz CT molecular complexity index is 396. The highest BCUT2D eigenvalue weighted by molar-refractivity contribution is 5.57. The summed E-state index contributed by atoms with van der Waals surface area (Å²) >= 11 is 0. The molecule has 0 aliphatic heterocycles. The molecule has 0 unspecified atom stereocenters. The van der Waals surface area contributed by atoms with E-state index in [0.717, 1.165) is 17.0 Å². The number of pyridine rings is 2. The zero-order valence-corrected chi connectivity index (χ0v) is 9.44. The highest BCUT2D eigenvalue weighted by Gasteiger charge is 1.97. The lowest BCUT2D eigenvalue weighted by molar-refractivity contribution is 1.20. The molecular formula is C13H16N2. The van der Waals surface area contributed by atoms with Crippen molar-refractivity contribution < 1.29 is 0 Å². The van der Waals surface area contributed by atoms with Crippen LogP contribution in [0.2, 0.25) is 0 Å². The summed E-state index contributed by atoms with van der Waals surface area (Å²) in [4.78, 5) is 8.45. The Morgan fingerprint density at radius 2 is 1.80 bits per heavy atom. The predicted octanol–water partition coefficient (Wildman–Crippen LogP) is 3.48. The van der Waals surface area contributed by atoms with E-state index in [1.165, 1.54) is 0 Å². The van der Waals surface area contributed by atoms with Gasteiger partial charge in [-0.1, -0.05) is 19.9 Å². The van der Waals surface area contributed by atoms with E-state index >= 15 is 0 Å². The van der Waals surface area contributed by atoms with Crippen molar-refractivity contribution in [2.24, 2.45) is 0 Å². The van der Waals surface area contributed by atoms with Gasteiger partial charge in [0.25, 0.3) is 0 Å². The number of hydrogen-bond donors (Lipinski definition) is 0. The number of aryl methyl sites for hydroxylation is 1. The van der Waals surface area contributed by atoms with Crippen LogP contribution in [0.15, 0.2) is 42.7 Å². The summed E-state index contributed by atoms with van der Waals surface area (Å²) in [5, 5.41) is 0. The topological polar surface area (TPSA) is 25.8 Å². The molecule has 0 amide bonds. The number of nitrogens with zero attached hydrogens (tertiary/aromatic N) is 2. The van der Waals surface area contributed by atoms with E-state index in [4.69, 9.17) is 0 Å². The van der Waals surface area contributed by atoms with Gasteiger partial charge in [-0.05, 0) is 31.2 Å². The molecule has 2 aromatic heterocycles. The minimum absolute atomic E-state index is 0.980. The molecule has 0 spiro atoms. The van der Waals surface area contributed by atoms with Crippen LogP contribution in [-0.2, 0) is 0 Å². The molecule has 0 atom stereocenters. The van der Waals surface area contributed by atoms with Gasteiger partial charge in [0, 0.05) is 23.7 Å². The Hall–Kier alpha value is -1.70. The van der Waals surface area contributed by atoms with E-state index in [0.29, 0.717) is 0 Å². The molecule has 0 aromatic carbocycles. The minimum atomic E-state index is 0.980. The normalized spacial score (nSPS) is 9.00. The maximum absolute atomic E-state index is 4.40. The number of aromatic nitrogens is 2. The first kappa shape index (κ1) is 11.4. The first-order chi connectivity index (χ1) is 7.36. The molecule has 0 radical (unpaired) electrons. The van der Waals surface area contributed by atoms with Crippen LogP contribution in [0.3, 0.4) is 0 Å². The second-order valence-corrected chi connectivity index (χ2v) is 2.91. The quantitative estimate of drug-likeness (QED) is 0.704. The van der Waals surface area contributed by atoms with Crippen molar-refractivity contribution in [2.45, 2.75) is 20.8 Å². The summed E-state index contributed by atoms with van der Waals surface area (Å²) in [6.45, 7) is 5.99. The molecule has 0 aliphatic carbocycles. The van der Waals surface area contributed by atoms with Crippen LogP contribution in [0.1, 0.15) is 19.5 Å². The lowest BCUT2D eigenvalue weighted by Crippen LogP contribution is -1.85. The van der Waals surface area contributed by atoms with Crippen LogP contribution < -0.4 is 0 Å². The number of rotatable bonds is 1. The van der Waals surface area contributed by atoms with Gasteiger partial charge in [0.1, 0.15) is 0 Å². The fourth-order valence-electron chi connectivity index (χ4n) is 1.22. The summed E-state index contributed by atoms with van der Waals surface area (Å²) in [6, 6.07) is 9.91. The summed E-state index contributed by atoms with van der Waals surface area (Å²) < 4.78 is 0. The van der Waals surface area contributed by atoms with Crippen molar-refractivity contribution in [1.82, 2.24) is 9.97 Å². The van der Waals surface area contributed by atoms with Crippen LogP contribution >= 0.6 is 0 Å².